The zero-order valence-electron chi connectivity index (χ0n) is 22.9. The summed E-state index contributed by atoms with van der Waals surface area (Å²) in [4.78, 5) is 5.19. The molecule has 0 spiro atoms. The van der Waals surface area contributed by atoms with Crippen molar-refractivity contribution in [1.82, 2.24) is 0 Å². The third-order valence-electron chi connectivity index (χ3n) is 9.48. The van der Waals surface area contributed by atoms with Crippen LogP contribution in [0, 0.1) is 0 Å². The fraction of sp³-hybridized carbons (Fsp3) is 0.143. The number of para-hydroxylation sites is 5. The second kappa shape index (κ2) is 7.77. The summed E-state index contributed by atoms with van der Waals surface area (Å²) in [6.07, 6.45) is 0. The second-order valence-electron chi connectivity index (χ2n) is 12.2. The van der Waals surface area contributed by atoms with Gasteiger partial charge in [0.25, 0.3) is 0 Å². The van der Waals surface area contributed by atoms with Crippen molar-refractivity contribution in [2.75, 3.05) is 9.71 Å². The molecular formula is C35H31BN2Si. The van der Waals surface area contributed by atoms with E-state index >= 15 is 0 Å². The predicted molar refractivity (Wildman–Crippen MR) is 170 cm³/mol. The third-order valence-corrected chi connectivity index (χ3v) is 13.0. The Morgan fingerprint density at radius 1 is 0.538 bits per heavy atom. The Labute approximate surface area is 232 Å². The van der Waals surface area contributed by atoms with Crippen LogP contribution in [-0.4, -0.2) is 14.9 Å². The number of rotatable bonds is 1. The Morgan fingerprint density at radius 2 is 1.05 bits per heavy atom. The molecule has 3 aliphatic rings. The van der Waals surface area contributed by atoms with Gasteiger partial charge in [-0.3, -0.25) is 0 Å². The minimum atomic E-state index is -1.86. The van der Waals surface area contributed by atoms with E-state index in [1.165, 1.54) is 60.9 Å². The van der Waals surface area contributed by atoms with Crippen LogP contribution >= 0.6 is 0 Å². The van der Waals surface area contributed by atoms with Gasteiger partial charge in [0.05, 0.1) is 5.69 Å². The molecule has 188 valence electrons. The largest absolute Gasteiger partial charge is 0.377 e. The van der Waals surface area contributed by atoms with Gasteiger partial charge in [-0.2, -0.15) is 0 Å². The molecule has 0 aliphatic carbocycles. The lowest BCUT2D eigenvalue weighted by atomic mass is 9.45. The van der Waals surface area contributed by atoms with Gasteiger partial charge in [0, 0.05) is 28.2 Å². The van der Waals surface area contributed by atoms with E-state index in [4.69, 9.17) is 0 Å². The molecule has 8 rings (SSSR count). The van der Waals surface area contributed by atoms with Crippen molar-refractivity contribution in [3.8, 4) is 0 Å². The molecule has 0 aromatic heterocycles. The average Bonchev–Trinajstić information content (AvgIpc) is 2.96. The van der Waals surface area contributed by atoms with E-state index in [0.717, 1.165) is 0 Å². The van der Waals surface area contributed by atoms with Crippen LogP contribution in [0.4, 0.5) is 28.4 Å². The lowest BCUT2D eigenvalue weighted by Gasteiger charge is -2.50. The van der Waals surface area contributed by atoms with Gasteiger partial charge in [-0.25, -0.2) is 0 Å². The van der Waals surface area contributed by atoms with Crippen molar-refractivity contribution in [2.24, 2.45) is 0 Å². The molecule has 3 aliphatic heterocycles. The maximum atomic E-state index is 2.65. The first kappa shape index (κ1) is 22.9. The minimum Gasteiger partial charge on any atom is -0.377 e. The highest BCUT2D eigenvalue weighted by Crippen LogP contribution is 2.52. The predicted octanol–water partition coefficient (Wildman–Crippen LogP) is 6.19. The number of fused-ring (bicyclic) bond motifs is 6. The summed E-state index contributed by atoms with van der Waals surface area (Å²) < 4.78 is 0. The van der Waals surface area contributed by atoms with Crippen LogP contribution in [0.25, 0.3) is 0 Å². The van der Waals surface area contributed by atoms with Gasteiger partial charge in [-0.1, -0.05) is 118 Å². The number of benzene rings is 5. The van der Waals surface area contributed by atoms with Crippen molar-refractivity contribution in [3.05, 3.63) is 126 Å². The van der Waals surface area contributed by atoms with Crippen LogP contribution in [-0.2, 0) is 5.41 Å². The molecule has 5 aromatic rings. The molecule has 39 heavy (non-hydrogen) atoms. The van der Waals surface area contributed by atoms with Gasteiger partial charge in [0.15, 0.2) is 0 Å². The maximum Gasteiger partial charge on any atom is 0.332 e. The van der Waals surface area contributed by atoms with Crippen molar-refractivity contribution in [1.29, 1.82) is 0 Å². The molecule has 0 saturated carbocycles. The fourth-order valence-corrected chi connectivity index (χ4v) is 10.6. The van der Waals surface area contributed by atoms with Gasteiger partial charge in [0.1, 0.15) is 8.07 Å². The molecule has 5 aromatic carbocycles. The minimum absolute atomic E-state index is 0.0702. The smallest absolute Gasteiger partial charge is 0.332 e. The molecule has 0 radical (unpaired) electrons. The SMILES string of the molecule is CC1(C)c2ccccc2N2c3ccccc3B(N3c4ccccc4[Si](C)(C)c4ccccc43)c3cccc1c32. The second-order valence-corrected chi connectivity index (χ2v) is 16.5. The first-order valence-corrected chi connectivity index (χ1v) is 17.0. The third kappa shape index (κ3) is 2.87. The number of anilines is 5. The lowest BCUT2D eigenvalue weighted by Crippen LogP contribution is -2.67. The van der Waals surface area contributed by atoms with Gasteiger partial charge >= 0.3 is 6.85 Å². The molecular weight excluding hydrogens is 487 g/mol. The van der Waals surface area contributed by atoms with Crippen molar-refractivity contribution >= 4 is 64.7 Å². The van der Waals surface area contributed by atoms with Crippen molar-refractivity contribution in [3.63, 3.8) is 0 Å². The Hall–Kier alpha value is -4.02. The highest BCUT2D eigenvalue weighted by atomic mass is 28.3. The highest BCUT2D eigenvalue weighted by molar-refractivity contribution is 7.04. The molecule has 0 saturated heterocycles. The summed E-state index contributed by atoms with van der Waals surface area (Å²) in [5.74, 6) is 0. The molecule has 0 bridgehead atoms. The topological polar surface area (TPSA) is 6.48 Å². The van der Waals surface area contributed by atoms with E-state index in [9.17, 15) is 0 Å². The van der Waals surface area contributed by atoms with Crippen LogP contribution in [0.5, 0.6) is 0 Å². The number of nitrogens with zero attached hydrogens (tertiary/aromatic N) is 2. The first-order valence-electron chi connectivity index (χ1n) is 14.0. The van der Waals surface area contributed by atoms with E-state index in [2.05, 4.69) is 152 Å². The monoisotopic (exact) mass is 518 g/mol. The summed E-state index contributed by atoms with van der Waals surface area (Å²) in [7, 11) is -1.86. The van der Waals surface area contributed by atoms with Crippen LogP contribution in [0.3, 0.4) is 0 Å². The quantitative estimate of drug-likeness (QED) is 0.244. The maximum absolute atomic E-state index is 2.65. The Kier molecular flexibility index (Phi) is 4.57. The van der Waals surface area contributed by atoms with E-state index in [-0.39, 0.29) is 12.3 Å². The average molecular weight is 519 g/mol. The van der Waals surface area contributed by atoms with Gasteiger partial charge < -0.3 is 9.71 Å². The van der Waals surface area contributed by atoms with Gasteiger partial charge in [-0.05, 0) is 56.7 Å². The zero-order valence-corrected chi connectivity index (χ0v) is 23.9. The summed E-state index contributed by atoms with van der Waals surface area (Å²) in [5.41, 5.74) is 12.0. The molecule has 0 fully saturated rings. The van der Waals surface area contributed by atoms with Crippen LogP contribution in [0.15, 0.2) is 115 Å². The molecule has 0 atom stereocenters. The van der Waals surface area contributed by atoms with Crippen LogP contribution < -0.4 is 31.0 Å². The molecule has 0 N–H and O–H groups in total. The summed E-state index contributed by atoms with van der Waals surface area (Å²) in [6, 6.07) is 43.4. The van der Waals surface area contributed by atoms with Gasteiger partial charge in [-0.15, -0.1) is 0 Å². The van der Waals surface area contributed by atoms with Crippen molar-refractivity contribution in [2.45, 2.75) is 32.4 Å². The summed E-state index contributed by atoms with van der Waals surface area (Å²) in [5, 5.41) is 3.03. The van der Waals surface area contributed by atoms with E-state index in [1.807, 2.05) is 0 Å². The lowest BCUT2D eigenvalue weighted by molar-refractivity contribution is 0.632. The first-order chi connectivity index (χ1) is 18.9. The standard InChI is InChI=1S/C35H31BN2Si/c1-35(2)24-14-5-7-18-28(24)37-29-19-8-6-16-26(29)36(27-17-13-15-25(35)34(27)37)38-30-20-9-11-22-32(30)39(3,4)33-23-12-10-21-31(33)38/h5-23H,1-4H3. The molecule has 4 heteroatoms. The molecule has 0 amide bonds. The normalized spacial score (nSPS) is 17.0. The highest BCUT2D eigenvalue weighted by Gasteiger charge is 2.48. The fourth-order valence-electron chi connectivity index (χ4n) is 7.59. The van der Waals surface area contributed by atoms with E-state index < -0.39 is 8.07 Å². The van der Waals surface area contributed by atoms with Crippen LogP contribution in [0.2, 0.25) is 13.1 Å². The molecule has 0 unspecified atom stereocenters. The molecule has 2 nitrogen and oxygen atoms in total. The molecule has 3 heterocycles. The van der Waals surface area contributed by atoms with E-state index in [1.54, 1.807) is 0 Å². The summed E-state index contributed by atoms with van der Waals surface area (Å²) in [6.45, 7) is 9.84. The Bertz CT molecular complexity index is 1760. The van der Waals surface area contributed by atoms with E-state index in [0.29, 0.717) is 0 Å². The zero-order chi connectivity index (χ0) is 26.5. The number of hydrogen-bond acceptors (Lipinski definition) is 2. The van der Waals surface area contributed by atoms with Crippen molar-refractivity contribution < 1.29 is 0 Å². The van der Waals surface area contributed by atoms with Gasteiger partial charge in [0.2, 0.25) is 0 Å². The van der Waals surface area contributed by atoms with Crippen LogP contribution in [0.1, 0.15) is 25.0 Å². The Morgan fingerprint density at radius 3 is 1.74 bits per heavy atom. The number of hydrogen-bond donors (Lipinski definition) is 0. The Balaban J connectivity index is 1.48. The summed E-state index contributed by atoms with van der Waals surface area (Å²) >= 11 is 0.